The molecule has 2 rings (SSSR count). The van der Waals surface area contributed by atoms with E-state index >= 15 is 0 Å². The summed E-state index contributed by atoms with van der Waals surface area (Å²) in [7, 11) is 0. The van der Waals surface area contributed by atoms with E-state index in [0.717, 1.165) is 10.0 Å². The first-order valence-corrected chi connectivity index (χ1v) is 6.02. The molecule has 5 heteroatoms. The standard InChI is InChI=1S/C12H12BrN3O/c1-8(9-6-14-15-7-9)16-12(17)10-4-2-3-5-11(10)13/h2-8H,1H3,(H,14,15)(H,16,17). The molecule has 17 heavy (non-hydrogen) atoms. The second-order valence-corrected chi connectivity index (χ2v) is 4.56. The average Bonchev–Trinajstić information content (AvgIpc) is 2.82. The summed E-state index contributed by atoms with van der Waals surface area (Å²) >= 11 is 3.36. The van der Waals surface area contributed by atoms with Gasteiger partial charge in [0.1, 0.15) is 0 Å². The molecule has 1 heterocycles. The van der Waals surface area contributed by atoms with Crippen LogP contribution < -0.4 is 5.32 Å². The highest BCUT2D eigenvalue weighted by Crippen LogP contribution is 2.17. The Bertz CT molecular complexity index is 510. The summed E-state index contributed by atoms with van der Waals surface area (Å²) in [6.07, 6.45) is 3.47. The van der Waals surface area contributed by atoms with E-state index in [1.165, 1.54) is 0 Å². The minimum atomic E-state index is -0.105. The second kappa shape index (κ2) is 5.14. The van der Waals surface area contributed by atoms with Gasteiger partial charge >= 0.3 is 0 Å². The van der Waals surface area contributed by atoms with Gasteiger partial charge in [-0.25, -0.2) is 0 Å². The average molecular weight is 294 g/mol. The van der Waals surface area contributed by atoms with Gasteiger partial charge in [-0.15, -0.1) is 0 Å². The van der Waals surface area contributed by atoms with Crippen LogP contribution in [0, 0.1) is 0 Å². The minimum absolute atomic E-state index is 0.0756. The van der Waals surface area contributed by atoms with E-state index in [0.29, 0.717) is 5.56 Å². The number of carbonyl (C=O) groups excluding carboxylic acids is 1. The smallest absolute Gasteiger partial charge is 0.252 e. The lowest BCUT2D eigenvalue weighted by atomic mass is 10.1. The van der Waals surface area contributed by atoms with Crippen LogP contribution in [-0.2, 0) is 0 Å². The molecule has 1 atom stereocenters. The van der Waals surface area contributed by atoms with E-state index in [1.54, 1.807) is 18.5 Å². The third-order valence-electron chi connectivity index (χ3n) is 2.49. The molecule has 1 unspecified atom stereocenters. The molecule has 0 bridgehead atoms. The first kappa shape index (κ1) is 11.9. The minimum Gasteiger partial charge on any atom is -0.345 e. The molecule has 0 saturated carbocycles. The molecular weight excluding hydrogens is 282 g/mol. The van der Waals surface area contributed by atoms with E-state index in [9.17, 15) is 4.79 Å². The van der Waals surface area contributed by atoms with Crippen molar-refractivity contribution in [2.75, 3.05) is 0 Å². The number of hydrogen-bond donors (Lipinski definition) is 2. The van der Waals surface area contributed by atoms with Crippen LogP contribution in [0.5, 0.6) is 0 Å². The lowest BCUT2D eigenvalue weighted by Gasteiger charge is -2.12. The number of carbonyl (C=O) groups is 1. The summed E-state index contributed by atoms with van der Waals surface area (Å²) in [5.74, 6) is -0.105. The molecule has 0 aliphatic heterocycles. The van der Waals surface area contributed by atoms with Crippen molar-refractivity contribution in [1.29, 1.82) is 0 Å². The van der Waals surface area contributed by atoms with Gasteiger partial charge in [-0.1, -0.05) is 12.1 Å². The van der Waals surface area contributed by atoms with Gasteiger partial charge < -0.3 is 5.32 Å². The molecule has 0 aliphatic carbocycles. The summed E-state index contributed by atoms with van der Waals surface area (Å²) in [6, 6.07) is 7.26. The number of nitrogens with one attached hydrogen (secondary N) is 2. The predicted molar refractivity (Wildman–Crippen MR) is 68.6 cm³/mol. The van der Waals surface area contributed by atoms with Crippen LogP contribution in [0.25, 0.3) is 0 Å². The van der Waals surface area contributed by atoms with Gasteiger partial charge in [-0.2, -0.15) is 5.10 Å². The maximum Gasteiger partial charge on any atom is 0.252 e. The normalized spacial score (nSPS) is 12.1. The quantitative estimate of drug-likeness (QED) is 0.914. The van der Waals surface area contributed by atoms with Crippen molar-refractivity contribution in [3.8, 4) is 0 Å². The Hall–Kier alpha value is -1.62. The molecule has 0 saturated heterocycles. The third-order valence-corrected chi connectivity index (χ3v) is 3.18. The fourth-order valence-corrected chi connectivity index (χ4v) is 1.97. The number of nitrogens with zero attached hydrogens (tertiary/aromatic N) is 1. The van der Waals surface area contributed by atoms with E-state index in [-0.39, 0.29) is 11.9 Å². The Balaban J connectivity index is 2.10. The SMILES string of the molecule is CC(NC(=O)c1ccccc1Br)c1cn[nH]c1. The summed E-state index contributed by atoms with van der Waals surface area (Å²) in [5.41, 5.74) is 1.58. The summed E-state index contributed by atoms with van der Waals surface area (Å²) in [4.78, 5) is 12.0. The molecule has 88 valence electrons. The Morgan fingerprint density at radius 1 is 1.47 bits per heavy atom. The first-order chi connectivity index (χ1) is 8.18. The molecule has 4 nitrogen and oxygen atoms in total. The summed E-state index contributed by atoms with van der Waals surface area (Å²) in [5, 5.41) is 9.49. The van der Waals surface area contributed by atoms with E-state index in [1.807, 2.05) is 25.1 Å². The number of benzene rings is 1. The Morgan fingerprint density at radius 3 is 2.88 bits per heavy atom. The fraction of sp³-hybridized carbons (Fsp3) is 0.167. The maximum atomic E-state index is 12.0. The van der Waals surface area contributed by atoms with Crippen LogP contribution in [0.1, 0.15) is 28.9 Å². The second-order valence-electron chi connectivity index (χ2n) is 3.71. The van der Waals surface area contributed by atoms with Crippen LogP contribution in [0.4, 0.5) is 0 Å². The van der Waals surface area contributed by atoms with Crippen molar-refractivity contribution >= 4 is 21.8 Å². The molecule has 0 radical (unpaired) electrons. The number of aromatic amines is 1. The highest BCUT2D eigenvalue weighted by molar-refractivity contribution is 9.10. The third kappa shape index (κ3) is 2.74. The number of amides is 1. The van der Waals surface area contributed by atoms with Crippen LogP contribution in [0.2, 0.25) is 0 Å². The highest BCUT2D eigenvalue weighted by Gasteiger charge is 2.13. The van der Waals surface area contributed by atoms with Crippen LogP contribution in [-0.4, -0.2) is 16.1 Å². The van der Waals surface area contributed by atoms with E-state index < -0.39 is 0 Å². The van der Waals surface area contributed by atoms with Crippen LogP contribution in [0.3, 0.4) is 0 Å². The molecular formula is C12H12BrN3O. The van der Waals surface area contributed by atoms with E-state index in [2.05, 4.69) is 31.4 Å². The lowest BCUT2D eigenvalue weighted by Crippen LogP contribution is -2.26. The van der Waals surface area contributed by atoms with Crippen molar-refractivity contribution in [3.63, 3.8) is 0 Å². The Morgan fingerprint density at radius 2 is 2.24 bits per heavy atom. The zero-order valence-electron chi connectivity index (χ0n) is 9.27. The first-order valence-electron chi connectivity index (χ1n) is 5.22. The molecule has 0 fully saturated rings. The van der Waals surface area contributed by atoms with Gasteiger partial charge in [0.25, 0.3) is 5.91 Å². The maximum absolute atomic E-state index is 12.0. The number of aromatic nitrogens is 2. The zero-order chi connectivity index (χ0) is 12.3. The molecule has 1 aromatic carbocycles. The van der Waals surface area contributed by atoms with Gasteiger partial charge in [-0.3, -0.25) is 9.89 Å². The number of rotatable bonds is 3. The number of halogens is 1. The van der Waals surface area contributed by atoms with E-state index in [4.69, 9.17) is 0 Å². The Kier molecular flexibility index (Phi) is 3.58. The van der Waals surface area contributed by atoms with Crippen molar-refractivity contribution in [2.24, 2.45) is 0 Å². The highest BCUT2D eigenvalue weighted by atomic mass is 79.9. The van der Waals surface area contributed by atoms with Gasteiger partial charge in [0.05, 0.1) is 17.8 Å². The topological polar surface area (TPSA) is 57.8 Å². The van der Waals surface area contributed by atoms with Crippen LogP contribution in [0.15, 0.2) is 41.1 Å². The molecule has 0 spiro atoms. The number of hydrogen-bond acceptors (Lipinski definition) is 2. The summed E-state index contributed by atoms with van der Waals surface area (Å²) < 4.78 is 0.789. The van der Waals surface area contributed by atoms with Crippen molar-refractivity contribution < 1.29 is 4.79 Å². The Labute approximate surface area is 108 Å². The largest absolute Gasteiger partial charge is 0.345 e. The monoisotopic (exact) mass is 293 g/mol. The van der Waals surface area contributed by atoms with Crippen LogP contribution >= 0.6 is 15.9 Å². The molecule has 1 amide bonds. The number of H-pyrrole nitrogens is 1. The van der Waals surface area contributed by atoms with Gasteiger partial charge in [0.15, 0.2) is 0 Å². The lowest BCUT2D eigenvalue weighted by molar-refractivity contribution is 0.0939. The van der Waals surface area contributed by atoms with Crippen molar-refractivity contribution in [2.45, 2.75) is 13.0 Å². The fourth-order valence-electron chi connectivity index (χ4n) is 1.50. The van der Waals surface area contributed by atoms with Crippen molar-refractivity contribution in [3.05, 3.63) is 52.3 Å². The predicted octanol–water partition coefficient (Wildman–Crippen LogP) is 2.66. The van der Waals surface area contributed by atoms with Crippen molar-refractivity contribution in [1.82, 2.24) is 15.5 Å². The molecule has 0 aliphatic rings. The van der Waals surface area contributed by atoms with Gasteiger partial charge in [0.2, 0.25) is 0 Å². The van der Waals surface area contributed by atoms with Gasteiger partial charge in [0, 0.05) is 16.2 Å². The summed E-state index contributed by atoms with van der Waals surface area (Å²) in [6.45, 7) is 1.92. The van der Waals surface area contributed by atoms with Gasteiger partial charge in [-0.05, 0) is 35.0 Å². The molecule has 2 N–H and O–H groups in total. The molecule has 1 aromatic heterocycles. The molecule has 2 aromatic rings. The zero-order valence-corrected chi connectivity index (χ0v) is 10.9.